The third-order valence-corrected chi connectivity index (χ3v) is 6.44. The Bertz CT molecular complexity index is 973. The number of halogens is 1. The van der Waals surface area contributed by atoms with Crippen LogP contribution in [-0.2, 0) is 9.59 Å². The van der Waals surface area contributed by atoms with Crippen molar-refractivity contribution in [3.05, 3.63) is 47.5 Å². The first kappa shape index (κ1) is 19.7. The molecule has 1 aromatic heterocycles. The first-order chi connectivity index (χ1) is 12.9. The zero-order chi connectivity index (χ0) is 19.4. The molecule has 140 valence electrons. The highest BCUT2D eigenvalue weighted by Crippen LogP contribution is 2.34. The molecule has 2 N–H and O–H groups in total. The number of thiazole rings is 1. The molecule has 27 heavy (non-hydrogen) atoms. The van der Waals surface area contributed by atoms with Gasteiger partial charge in [0.2, 0.25) is 11.8 Å². The number of carbonyl (C=O) groups is 2. The van der Waals surface area contributed by atoms with Gasteiger partial charge < -0.3 is 10.6 Å². The zero-order valence-corrected chi connectivity index (χ0v) is 17.2. The fraction of sp³-hybridized carbons (Fsp3) is 0.211. The monoisotopic (exact) mass is 419 g/mol. The van der Waals surface area contributed by atoms with E-state index in [4.69, 9.17) is 11.6 Å². The van der Waals surface area contributed by atoms with Gasteiger partial charge in [0.1, 0.15) is 0 Å². The summed E-state index contributed by atoms with van der Waals surface area (Å²) in [6.45, 7) is 3.45. The molecule has 0 spiro atoms. The lowest BCUT2D eigenvalue weighted by molar-refractivity contribution is -0.116. The van der Waals surface area contributed by atoms with Crippen molar-refractivity contribution in [1.29, 1.82) is 0 Å². The molecule has 8 heteroatoms. The number of benzene rings is 2. The number of anilines is 2. The summed E-state index contributed by atoms with van der Waals surface area (Å²) in [4.78, 5) is 28.4. The van der Waals surface area contributed by atoms with Gasteiger partial charge in [-0.2, -0.15) is 0 Å². The second kappa shape index (κ2) is 8.73. The quantitative estimate of drug-likeness (QED) is 0.523. The average molecular weight is 420 g/mol. The maximum absolute atomic E-state index is 12.6. The van der Waals surface area contributed by atoms with Crippen LogP contribution in [0.1, 0.15) is 20.3 Å². The minimum absolute atomic E-state index is 0.0667. The van der Waals surface area contributed by atoms with E-state index in [0.717, 1.165) is 20.2 Å². The number of hydrogen-bond donors (Lipinski definition) is 2. The lowest BCUT2D eigenvalue weighted by Gasteiger charge is -2.13. The number of nitrogens with zero attached hydrogens (tertiary/aromatic N) is 1. The van der Waals surface area contributed by atoms with Crippen LogP contribution in [0.15, 0.2) is 46.8 Å². The molecule has 5 nitrogen and oxygen atoms in total. The zero-order valence-electron chi connectivity index (χ0n) is 14.8. The third kappa shape index (κ3) is 5.22. The second-order valence-electron chi connectivity index (χ2n) is 5.85. The number of thioether (sulfide) groups is 1. The second-order valence-corrected chi connectivity index (χ2v) is 8.77. The summed E-state index contributed by atoms with van der Waals surface area (Å²) in [5.41, 5.74) is 2.31. The van der Waals surface area contributed by atoms with E-state index in [9.17, 15) is 9.59 Å². The molecule has 2 aromatic carbocycles. The molecule has 0 aliphatic rings. The molecule has 2 amide bonds. The highest BCUT2D eigenvalue weighted by molar-refractivity contribution is 8.02. The summed E-state index contributed by atoms with van der Waals surface area (Å²) < 4.78 is 1.79. The fourth-order valence-corrected chi connectivity index (χ4v) is 4.83. The highest BCUT2D eigenvalue weighted by atomic mass is 35.5. The molecule has 0 aliphatic heterocycles. The van der Waals surface area contributed by atoms with Gasteiger partial charge in [-0.15, -0.1) is 11.3 Å². The molecule has 0 saturated heterocycles. The molecule has 1 heterocycles. The molecule has 3 rings (SSSR count). The van der Waals surface area contributed by atoms with Crippen molar-refractivity contribution < 1.29 is 9.59 Å². The third-order valence-electron chi connectivity index (χ3n) is 3.71. The van der Waals surface area contributed by atoms with E-state index in [-0.39, 0.29) is 17.1 Å². The molecule has 0 unspecified atom stereocenters. The summed E-state index contributed by atoms with van der Waals surface area (Å²) in [7, 11) is 0. The van der Waals surface area contributed by atoms with Gasteiger partial charge in [-0.05, 0) is 48.9 Å². The minimum atomic E-state index is -0.254. The topological polar surface area (TPSA) is 71.1 Å². The van der Waals surface area contributed by atoms with Crippen molar-refractivity contribution in [2.24, 2.45) is 0 Å². The smallest absolute Gasteiger partial charge is 0.237 e. The Hall–Kier alpha value is -2.09. The molecule has 0 bridgehead atoms. The molecule has 0 aliphatic carbocycles. The maximum atomic E-state index is 12.6. The SMILES string of the molecule is CC[C@H](Sc1nc2ccc(NC(C)=O)cc2s1)C(=O)Nc1ccc(Cl)cc1. The Kier molecular flexibility index (Phi) is 6.36. The standard InChI is InChI=1S/C19H18ClN3O2S2/c1-3-16(18(25)22-13-6-4-12(20)5-7-13)26-19-23-15-9-8-14(21-11(2)24)10-17(15)27-19/h4-10,16H,3H2,1-2H3,(H,21,24)(H,22,25)/t16-/m0/s1. The van der Waals surface area contributed by atoms with Gasteiger partial charge in [0.05, 0.1) is 15.5 Å². The van der Waals surface area contributed by atoms with E-state index in [2.05, 4.69) is 15.6 Å². The predicted octanol–water partition coefficient (Wildman–Crippen LogP) is 5.42. The van der Waals surface area contributed by atoms with Crippen LogP contribution in [0.5, 0.6) is 0 Å². The molecule has 0 saturated carbocycles. The van der Waals surface area contributed by atoms with E-state index < -0.39 is 0 Å². The Morgan fingerprint density at radius 3 is 2.52 bits per heavy atom. The number of amides is 2. The van der Waals surface area contributed by atoms with Gasteiger partial charge >= 0.3 is 0 Å². The lowest BCUT2D eigenvalue weighted by Crippen LogP contribution is -2.24. The van der Waals surface area contributed by atoms with Crippen molar-refractivity contribution >= 4 is 68.1 Å². The minimum Gasteiger partial charge on any atom is -0.326 e. The van der Waals surface area contributed by atoms with Gasteiger partial charge in [-0.1, -0.05) is 30.3 Å². The highest BCUT2D eigenvalue weighted by Gasteiger charge is 2.20. The van der Waals surface area contributed by atoms with Crippen LogP contribution in [0.4, 0.5) is 11.4 Å². The van der Waals surface area contributed by atoms with Gasteiger partial charge in [0, 0.05) is 23.3 Å². The van der Waals surface area contributed by atoms with Crippen LogP contribution in [0.25, 0.3) is 10.2 Å². The largest absolute Gasteiger partial charge is 0.326 e. The van der Waals surface area contributed by atoms with Crippen LogP contribution in [0.2, 0.25) is 5.02 Å². The summed E-state index contributed by atoms with van der Waals surface area (Å²) in [5.74, 6) is -0.179. The molecular formula is C19H18ClN3O2S2. The summed E-state index contributed by atoms with van der Waals surface area (Å²) >= 11 is 8.83. The number of nitrogens with one attached hydrogen (secondary N) is 2. The Morgan fingerprint density at radius 1 is 1.15 bits per heavy atom. The number of hydrogen-bond acceptors (Lipinski definition) is 5. The Balaban J connectivity index is 1.72. The molecule has 3 aromatic rings. The predicted molar refractivity (Wildman–Crippen MR) is 114 cm³/mol. The van der Waals surface area contributed by atoms with Crippen LogP contribution in [0, 0.1) is 0 Å². The van der Waals surface area contributed by atoms with Crippen molar-refractivity contribution in [3.8, 4) is 0 Å². The van der Waals surface area contributed by atoms with E-state index >= 15 is 0 Å². The van der Waals surface area contributed by atoms with Crippen LogP contribution < -0.4 is 10.6 Å². The van der Waals surface area contributed by atoms with Gasteiger partial charge in [0.25, 0.3) is 0 Å². The summed E-state index contributed by atoms with van der Waals surface area (Å²) in [5, 5.41) is 6.06. The van der Waals surface area contributed by atoms with Crippen molar-refractivity contribution in [3.63, 3.8) is 0 Å². The lowest BCUT2D eigenvalue weighted by atomic mass is 10.3. The molecule has 1 atom stereocenters. The molecule has 0 fully saturated rings. The van der Waals surface area contributed by atoms with E-state index in [1.54, 1.807) is 24.3 Å². The van der Waals surface area contributed by atoms with Gasteiger partial charge in [-0.25, -0.2) is 4.98 Å². The Labute approximate surface area is 170 Å². The van der Waals surface area contributed by atoms with Gasteiger partial charge in [0.15, 0.2) is 4.34 Å². The van der Waals surface area contributed by atoms with Crippen LogP contribution >= 0.6 is 34.7 Å². The molecular weight excluding hydrogens is 402 g/mol. The van der Waals surface area contributed by atoms with Crippen LogP contribution in [0.3, 0.4) is 0 Å². The number of aromatic nitrogens is 1. The molecule has 0 radical (unpaired) electrons. The fourth-order valence-electron chi connectivity index (χ4n) is 2.43. The normalized spacial score (nSPS) is 12.0. The Morgan fingerprint density at radius 2 is 1.85 bits per heavy atom. The number of fused-ring (bicyclic) bond motifs is 1. The summed E-state index contributed by atoms with van der Waals surface area (Å²) in [6.07, 6.45) is 0.678. The first-order valence-corrected chi connectivity index (χ1v) is 10.4. The van der Waals surface area contributed by atoms with Crippen molar-refractivity contribution in [2.75, 3.05) is 10.6 Å². The van der Waals surface area contributed by atoms with Gasteiger partial charge in [-0.3, -0.25) is 9.59 Å². The van der Waals surface area contributed by atoms with E-state index in [0.29, 0.717) is 17.1 Å². The van der Waals surface area contributed by atoms with Crippen LogP contribution in [-0.4, -0.2) is 22.0 Å². The van der Waals surface area contributed by atoms with Crippen molar-refractivity contribution in [2.45, 2.75) is 29.9 Å². The number of carbonyl (C=O) groups excluding carboxylic acids is 2. The summed E-state index contributed by atoms with van der Waals surface area (Å²) in [6, 6.07) is 12.6. The van der Waals surface area contributed by atoms with E-state index in [1.165, 1.54) is 30.0 Å². The maximum Gasteiger partial charge on any atom is 0.237 e. The number of rotatable bonds is 6. The van der Waals surface area contributed by atoms with E-state index in [1.807, 2.05) is 25.1 Å². The first-order valence-electron chi connectivity index (χ1n) is 8.36. The average Bonchev–Trinajstić information content (AvgIpc) is 3.02. The van der Waals surface area contributed by atoms with Crippen molar-refractivity contribution in [1.82, 2.24) is 4.98 Å².